The summed E-state index contributed by atoms with van der Waals surface area (Å²) in [7, 11) is 0. The summed E-state index contributed by atoms with van der Waals surface area (Å²) in [5.74, 6) is 0.477. The van der Waals surface area contributed by atoms with E-state index in [1.807, 2.05) is 41.0 Å². The molecule has 25 heavy (non-hydrogen) atoms. The Bertz CT molecular complexity index is 778. The number of rotatable bonds is 3. The second-order valence-electron chi connectivity index (χ2n) is 6.00. The molecule has 1 amide bonds. The Labute approximate surface area is 145 Å². The lowest BCUT2D eigenvalue weighted by molar-refractivity contribution is -0.385. The van der Waals surface area contributed by atoms with Gasteiger partial charge in [0.2, 0.25) is 5.95 Å². The molecule has 1 saturated heterocycles. The monoisotopic (exact) mass is 341 g/mol. The SMILES string of the molecule is Cc1cccc(C(=O)N2CCCN(c3ncc([N+](=O)[O-])cn3)CC2)c1. The Balaban J connectivity index is 1.67. The van der Waals surface area contributed by atoms with Crippen LogP contribution in [0.5, 0.6) is 0 Å². The van der Waals surface area contributed by atoms with Gasteiger partial charge in [0.1, 0.15) is 12.4 Å². The highest BCUT2D eigenvalue weighted by molar-refractivity contribution is 5.94. The van der Waals surface area contributed by atoms with Gasteiger partial charge in [-0.15, -0.1) is 0 Å². The summed E-state index contributed by atoms with van der Waals surface area (Å²) in [4.78, 5) is 34.8. The topological polar surface area (TPSA) is 92.5 Å². The van der Waals surface area contributed by atoms with Gasteiger partial charge in [-0.2, -0.15) is 0 Å². The van der Waals surface area contributed by atoms with Crippen LogP contribution in [0.3, 0.4) is 0 Å². The van der Waals surface area contributed by atoms with Crippen molar-refractivity contribution < 1.29 is 9.72 Å². The molecule has 1 aliphatic rings. The van der Waals surface area contributed by atoms with E-state index in [9.17, 15) is 14.9 Å². The first-order chi connectivity index (χ1) is 12.0. The number of nitrogens with zero attached hydrogens (tertiary/aromatic N) is 5. The highest BCUT2D eigenvalue weighted by atomic mass is 16.6. The summed E-state index contributed by atoms with van der Waals surface area (Å²) in [6.45, 7) is 4.49. The Morgan fingerprint density at radius 1 is 1.16 bits per heavy atom. The molecule has 1 aromatic carbocycles. The van der Waals surface area contributed by atoms with Crippen LogP contribution in [0.25, 0.3) is 0 Å². The van der Waals surface area contributed by atoms with E-state index >= 15 is 0 Å². The molecule has 0 atom stereocenters. The fourth-order valence-corrected chi connectivity index (χ4v) is 2.85. The predicted octanol–water partition coefficient (Wildman–Crippen LogP) is 2.05. The third-order valence-corrected chi connectivity index (χ3v) is 4.17. The van der Waals surface area contributed by atoms with Crippen molar-refractivity contribution in [2.24, 2.45) is 0 Å². The summed E-state index contributed by atoms with van der Waals surface area (Å²) < 4.78 is 0. The Morgan fingerprint density at radius 3 is 2.60 bits per heavy atom. The van der Waals surface area contributed by atoms with Crippen molar-refractivity contribution in [3.05, 3.63) is 57.9 Å². The third-order valence-electron chi connectivity index (χ3n) is 4.17. The van der Waals surface area contributed by atoms with E-state index in [1.165, 1.54) is 12.4 Å². The van der Waals surface area contributed by atoms with Crippen molar-refractivity contribution in [1.82, 2.24) is 14.9 Å². The van der Waals surface area contributed by atoms with Crippen molar-refractivity contribution in [3.8, 4) is 0 Å². The fraction of sp³-hybridized carbons (Fsp3) is 0.353. The van der Waals surface area contributed by atoms with E-state index in [1.54, 1.807) is 0 Å². The number of aromatic nitrogens is 2. The van der Waals surface area contributed by atoms with Gasteiger partial charge in [0.25, 0.3) is 5.91 Å². The molecule has 1 aliphatic heterocycles. The number of hydrogen-bond acceptors (Lipinski definition) is 6. The van der Waals surface area contributed by atoms with E-state index in [0.717, 1.165) is 12.0 Å². The molecule has 0 bridgehead atoms. The molecule has 0 aliphatic carbocycles. The van der Waals surface area contributed by atoms with Crippen LogP contribution < -0.4 is 4.90 Å². The molecule has 1 aromatic heterocycles. The van der Waals surface area contributed by atoms with Crippen LogP contribution in [0.1, 0.15) is 22.3 Å². The zero-order valence-electron chi connectivity index (χ0n) is 14.0. The molecule has 0 unspecified atom stereocenters. The van der Waals surface area contributed by atoms with Crippen LogP contribution in [0.15, 0.2) is 36.7 Å². The summed E-state index contributed by atoms with van der Waals surface area (Å²) in [5.41, 5.74) is 1.62. The highest BCUT2D eigenvalue weighted by Gasteiger charge is 2.22. The van der Waals surface area contributed by atoms with Crippen LogP contribution in [-0.4, -0.2) is 51.9 Å². The number of hydrogen-bond donors (Lipinski definition) is 0. The molecule has 0 saturated carbocycles. The molecule has 0 N–H and O–H groups in total. The van der Waals surface area contributed by atoms with Crippen molar-refractivity contribution in [3.63, 3.8) is 0 Å². The first-order valence-electron chi connectivity index (χ1n) is 8.12. The molecule has 8 heteroatoms. The molecule has 2 aromatic rings. The van der Waals surface area contributed by atoms with Crippen LogP contribution in [-0.2, 0) is 0 Å². The fourth-order valence-electron chi connectivity index (χ4n) is 2.85. The predicted molar refractivity (Wildman–Crippen MR) is 92.6 cm³/mol. The van der Waals surface area contributed by atoms with Crippen molar-refractivity contribution in [1.29, 1.82) is 0 Å². The lowest BCUT2D eigenvalue weighted by atomic mass is 10.1. The largest absolute Gasteiger partial charge is 0.339 e. The minimum absolute atomic E-state index is 0.0233. The number of aryl methyl sites for hydroxylation is 1. The highest BCUT2D eigenvalue weighted by Crippen LogP contribution is 2.16. The normalized spacial score (nSPS) is 14.9. The number of amides is 1. The third kappa shape index (κ3) is 3.90. The summed E-state index contributed by atoms with van der Waals surface area (Å²) in [6.07, 6.45) is 3.21. The van der Waals surface area contributed by atoms with Gasteiger partial charge in [0.05, 0.1) is 4.92 Å². The van der Waals surface area contributed by atoms with Gasteiger partial charge in [0, 0.05) is 31.7 Å². The summed E-state index contributed by atoms with van der Waals surface area (Å²) in [6, 6.07) is 7.58. The van der Waals surface area contributed by atoms with Gasteiger partial charge in [-0.25, -0.2) is 9.97 Å². The zero-order valence-corrected chi connectivity index (χ0v) is 14.0. The first-order valence-corrected chi connectivity index (χ1v) is 8.12. The molecule has 130 valence electrons. The number of nitro groups is 1. The molecule has 2 heterocycles. The average molecular weight is 341 g/mol. The maximum atomic E-state index is 12.7. The van der Waals surface area contributed by atoms with E-state index in [4.69, 9.17) is 0 Å². The molecular formula is C17H19N5O3. The van der Waals surface area contributed by atoms with Crippen molar-refractivity contribution >= 4 is 17.5 Å². The van der Waals surface area contributed by atoms with Gasteiger partial charge < -0.3 is 9.80 Å². The zero-order chi connectivity index (χ0) is 17.8. The van der Waals surface area contributed by atoms with E-state index < -0.39 is 4.92 Å². The van der Waals surface area contributed by atoms with Gasteiger partial charge in [-0.1, -0.05) is 17.7 Å². The standard InChI is InChI=1S/C17H19N5O3/c1-13-4-2-5-14(10-13)16(23)20-6-3-7-21(9-8-20)17-18-11-15(12-19-17)22(24)25/h2,4-5,10-12H,3,6-9H2,1H3. The number of carbonyl (C=O) groups is 1. The van der Waals surface area contributed by atoms with Gasteiger partial charge >= 0.3 is 5.69 Å². The van der Waals surface area contributed by atoms with Crippen LogP contribution in [0, 0.1) is 17.0 Å². The maximum absolute atomic E-state index is 12.7. The second kappa shape index (κ2) is 7.25. The molecule has 8 nitrogen and oxygen atoms in total. The van der Waals surface area contributed by atoms with Crippen LogP contribution in [0.2, 0.25) is 0 Å². The van der Waals surface area contributed by atoms with E-state index in [2.05, 4.69) is 9.97 Å². The number of carbonyl (C=O) groups excluding carboxylic acids is 1. The molecule has 1 fully saturated rings. The van der Waals surface area contributed by atoms with Gasteiger partial charge in [-0.3, -0.25) is 14.9 Å². The van der Waals surface area contributed by atoms with Crippen LogP contribution in [0.4, 0.5) is 11.6 Å². The quantitative estimate of drug-likeness (QED) is 0.626. The maximum Gasteiger partial charge on any atom is 0.305 e. The smallest absolute Gasteiger partial charge is 0.305 e. The van der Waals surface area contributed by atoms with Gasteiger partial charge in [0.15, 0.2) is 0 Å². The Kier molecular flexibility index (Phi) is 4.87. The number of benzene rings is 1. The van der Waals surface area contributed by atoms with Crippen LogP contribution >= 0.6 is 0 Å². The second-order valence-corrected chi connectivity index (χ2v) is 6.00. The molecule has 0 radical (unpaired) electrons. The molecule has 0 spiro atoms. The Hall–Kier alpha value is -3.03. The lowest BCUT2D eigenvalue weighted by Gasteiger charge is -2.22. The summed E-state index contributed by atoms with van der Waals surface area (Å²) >= 11 is 0. The van der Waals surface area contributed by atoms with E-state index in [-0.39, 0.29) is 11.6 Å². The molecular weight excluding hydrogens is 322 g/mol. The average Bonchev–Trinajstić information content (AvgIpc) is 2.87. The summed E-state index contributed by atoms with van der Waals surface area (Å²) in [5, 5.41) is 10.7. The van der Waals surface area contributed by atoms with Crippen molar-refractivity contribution in [2.45, 2.75) is 13.3 Å². The molecule has 3 rings (SSSR count). The van der Waals surface area contributed by atoms with Gasteiger partial charge in [-0.05, 0) is 25.5 Å². The number of anilines is 1. The lowest BCUT2D eigenvalue weighted by Crippen LogP contribution is -2.35. The Morgan fingerprint density at radius 2 is 1.92 bits per heavy atom. The van der Waals surface area contributed by atoms with Crippen molar-refractivity contribution in [2.75, 3.05) is 31.1 Å². The van der Waals surface area contributed by atoms with E-state index in [0.29, 0.717) is 37.7 Å². The minimum Gasteiger partial charge on any atom is -0.339 e. The first kappa shape index (κ1) is 16.8. The minimum atomic E-state index is -0.519.